The molecule has 9 aromatic rings. The third-order valence-corrected chi connectivity index (χ3v) is 22.4. The molecule has 10 rings (SSSR count). The first-order chi connectivity index (χ1) is 62.3. The van der Waals surface area contributed by atoms with Gasteiger partial charge < -0.3 is 90.6 Å². The number of primary amides is 1. The van der Waals surface area contributed by atoms with Gasteiger partial charge in [-0.25, -0.2) is 19.4 Å². The van der Waals surface area contributed by atoms with E-state index in [4.69, 9.17) is 44.6 Å². The van der Waals surface area contributed by atoms with Crippen LogP contribution in [0.2, 0.25) is 5.02 Å². The van der Waals surface area contributed by atoms with Gasteiger partial charge in [0.1, 0.15) is 42.3 Å². The van der Waals surface area contributed by atoms with Gasteiger partial charge in [0.2, 0.25) is 59.1 Å². The van der Waals surface area contributed by atoms with E-state index in [1.54, 1.807) is 24.3 Å². The van der Waals surface area contributed by atoms with Gasteiger partial charge in [-0.15, -0.1) is 0 Å². The molecule has 0 aliphatic heterocycles. The standard InChI is InChI=1S/C88H109ClN24O17/c1-50-44-111(86(128)109-74(50)118)46-67(77(121)103-63(73(90)117)35-20-40-97-84(91)92)104-78(122)69(48-113-82(126)58-29-11-15-33-62(58)108-88(113)130)106-79(123)68(47-112-81(125)57-28-10-14-32-61(57)107-87(112)129)105-76(120)66(43-52-22-5-3-6-23-52)102-71(116)49-110(45-53-24-19-25-54(89)42-53)83(127)65(36-21-41-98-85(93)94)101-70(115)37-7-4-17-38-95-75(119)64(99-51(2)114)34-16-18-39-96-80(124)72-55-26-8-12-30-59(55)100-60-31-13-9-27-56(60)72/h8-15,19,24-33,42,44,52,63-69H,3-7,16-18,20-23,34-41,43,45-49H2,1-2H3,(H2,90,117)(H,95,119)(H,96,124)(H,99,114)(H,101,115)(H,102,116)(H,103,121)(H,104,122)(H,105,120)(H,106,123)(H,107,129)(H,108,130)(H4,91,92,97)(H4,93,94,98)(H,109,118,128)/t63-,64-,65-,66-,67+,68+,69+/m0/s1. The van der Waals surface area contributed by atoms with E-state index in [1.165, 1.54) is 62.4 Å². The summed E-state index contributed by atoms with van der Waals surface area (Å²) in [6.07, 6.45) is 6.51. The second-order valence-electron chi connectivity index (χ2n) is 32.1. The Morgan fingerprint density at radius 3 is 1.54 bits per heavy atom. The molecule has 0 bridgehead atoms. The molecule has 0 saturated heterocycles. The predicted octanol–water partition coefficient (Wildman–Crippen LogP) is 0.308. The molecule has 7 atom stereocenters. The Morgan fingerprint density at radius 2 is 0.985 bits per heavy atom. The van der Waals surface area contributed by atoms with Crippen molar-refractivity contribution in [3.8, 4) is 0 Å². The summed E-state index contributed by atoms with van der Waals surface area (Å²) in [7, 11) is 0. The van der Waals surface area contributed by atoms with Crippen LogP contribution in [0.1, 0.15) is 138 Å². The number of fused-ring (bicyclic) bond motifs is 4. The molecule has 1 saturated carbocycles. The third kappa shape index (κ3) is 27.9. The van der Waals surface area contributed by atoms with Gasteiger partial charge in [0.05, 0.1) is 64.6 Å². The number of halogens is 1. The first kappa shape index (κ1) is 97.5. The molecule has 690 valence electrons. The maximum Gasteiger partial charge on any atom is 0.328 e. The van der Waals surface area contributed by atoms with E-state index < -0.39 is 167 Å². The van der Waals surface area contributed by atoms with Gasteiger partial charge in [-0.3, -0.25) is 96.6 Å². The summed E-state index contributed by atoms with van der Waals surface area (Å²) in [6.45, 7) is -0.878. The van der Waals surface area contributed by atoms with Crippen molar-refractivity contribution in [2.45, 2.75) is 191 Å². The number of para-hydroxylation sites is 4. The van der Waals surface area contributed by atoms with Crippen molar-refractivity contribution < 1.29 is 52.7 Å². The van der Waals surface area contributed by atoms with Crippen LogP contribution >= 0.6 is 11.6 Å². The number of benzene rings is 5. The Bertz CT molecular complexity index is 6030. The van der Waals surface area contributed by atoms with Crippen LogP contribution < -0.4 is 109 Å². The molecule has 5 aromatic carbocycles. The zero-order valence-corrected chi connectivity index (χ0v) is 72.7. The zero-order valence-electron chi connectivity index (χ0n) is 71.9. The van der Waals surface area contributed by atoms with Crippen LogP contribution in [0.5, 0.6) is 0 Å². The fourth-order valence-electron chi connectivity index (χ4n) is 15.6. The Morgan fingerprint density at radius 1 is 0.492 bits per heavy atom. The van der Waals surface area contributed by atoms with Gasteiger partial charge in [-0.1, -0.05) is 123 Å². The number of aryl methyl sites for hydroxylation is 1. The van der Waals surface area contributed by atoms with E-state index in [0.29, 0.717) is 100.0 Å². The number of nitrogens with one attached hydrogen (secondary N) is 16. The molecule has 130 heavy (non-hydrogen) atoms. The van der Waals surface area contributed by atoms with Crippen molar-refractivity contribution in [3.05, 3.63) is 212 Å². The van der Waals surface area contributed by atoms with Crippen molar-refractivity contribution >= 4 is 132 Å². The molecule has 0 radical (unpaired) electrons. The number of pyridine rings is 1. The highest BCUT2D eigenvalue weighted by Gasteiger charge is 2.37. The number of guanidine groups is 2. The highest BCUT2D eigenvalue weighted by molar-refractivity contribution is 6.30. The molecule has 11 amide bonds. The summed E-state index contributed by atoms with van der Waals surface area (Å²) < 4.78 is 1.94. The van der Waals surface area contributed by atoms with E-state index >= 15 is 24.0 Å². The molecule has 22 N–H and O–H groups in total. The average Bonchev–Trinajstić information content (AvgIpc) is 0.761. The minimum absolute atomic E-state index is 0.0323. The van der Waals surface area contributed by atoms with Crippen LogP contribution in [-0.4, -0.2) is 190 Å². The number of carbonyl (C=O) groups is 11. The second-order valence-corrected chi connectivity index (χ2v) is 32.5. The number of H-pyrrole nitrogens is 3. The summed E-state index contributed by atoms with van der Waals surface area (Å²) in [5, 5.41) is 46.1. The lowest BCUT2D eigenvalue weighted by molar-refractivity contribution is -0.141. The molecule has 42 heteroatoms. The monoisotopic (exact) mass is 1810 g/mol. The number of hydrogen-bond donors (Lipinski definition) is 19. The van der Waals surface area contributed by atoms with Crippen LogP contribution in [0.25, 0.3) is 43.6 Å². The van der Waals surface area contributed by atoms with Crippen LogP contribution in [0, 0.1) is 23.7 Å². The van der Waals surface area contributed by atoms with Crippen molar-refractivity contribution in [1.29, 1.82) is 10.8 Å². The van der Waals surface area contributed by atoms with Gasteiger partial charge in [0, 0.05) is 73.6 Å². The van der Waals surface area contributed by atoms with Crippen molar-refractivity contribution in [2.24, 2.45) is 23.1 Å². The van der Waals surface area contributed by atoms with E-state index in [0.717, 1.165) is 22.1 Å². The molecule has 41 nitrogen and oxygen atoms in total. The lowest BCUT2D eigenvalue weighted by Gasteiger charge is -2.31. The van der Waals surface area contributed by atoms with Gasteiger partial charge in [0.15, 0.2) is 11.9 Å². The lowest BCUT2D eigenvalue weighted by Crippen LogP contribution is -2.62. The molecule has 1 aliphatic carbocycles. The highest BCUT2D eigenvalue weighted by atomic mass is 35.5. The summed E-state index contributed by atoms with van der Waals surface area (Å²) in [4.78, 5) is 255. The van der Waals surface area contributed by atoms with Crippen molar-refractivity contribution in [1.82, 2.24) is 97.0 Å². The fourth-order valence-corrected chi connectivity index (χ4v) is 15.8. The number of nitrogens with two attached hydrogens (primary N) is 3. The van der Waals surface area contributed by atoms with Crippen LogP contribution in [0.4, 0.5) is 0 Å². The van der Waals surface area contributed by atoms with Crippen LogP contribution in [0.15, 0.2) is 156 Å². The Hall–Kier alpha value is -14.7. The predicted molar refractivity (Wildman–Crippen MR) is 485 cm³/mol. The van der Waals surface area contributed by atoms with Crippen molar-refractivity contribution in [3.63, 3.8) is 0 Å². The highest BCUT2D eigenvalue weighted by Crippen LogP contribution is 2.29. The molecule has 4 aromatic heterocycles. The van der Waals surface area contributed by atoms with Crippen LogP contribution in [0.3, 0.4) is 0 Å². The van der Waals surface area contributed by atoms with E-state index in [-0.39, 0.29) is 128 Å². The molecule has 0 unspecified atom stereocenters. The number of unbranched alkanes of at least 4 members (excludes halogenated alkanes) is 3. The smallest absolute Gasteiger partial charge is 0.328 e. The Labute approximate surface area is 748 Å². The number of aromatic nitrogens is 7. The SMILES string of the molecule is CC(=O)N[C@@H](CCCCNC(=O)c1c2ccccc2nc2ccccc12)C(=O)NCCCCCC(=O)N[C@@H](CCCNC(=N)N)C(=O)N(CC(=O)N[C@@H](CC1CCCCC1)C(=O)N[C@H](Cn1c(=O)[nH]c2ccccc2c1=O)C(=O)N[C@H](Cn1c(=O)[nH]c2ccccc2c1=O)C(=O)N[C@H](Cn1cc(C)c(=O)[nH]c1=O)C(=O)N[C@@H](CCCNC(=N)N)C(N)=O)Cc1cccc(Cl)c1. The molecule has 4 heterocycles. The molecular weight excluding hydrogens is 1700 g/mol. The molecule has 1 aliphatic rings. The summed E-state index contributed by atoms with van der Waals surface area (Å²) >= 11 is 6.50. The number of carbonyl (C=O) groups excluding carboxylic acids is 11. The minimum Gasteiger partial charge on any atom is -0.370 e. The number of aromatic amines is 3. The summed E-state index contributed by atoms with van der Waals surface area (Å²) in [6, 6.07) is 21.0. The third-order valence-electron chi connectivity index (χ3n) is 22.2. The fraction of sp³-hybridized carbons (Fsp3) is 0.409. The second kappa shape index (κ2) is 47.2. The Kier molecular flexibility index (Phi) is 35.4. The maximum absolute atomic E-state index is 15.7. The Balaban J connectivity index is 0.877. The molecule has 0 spiro atoms. The summed E-state index contributed by atoms with van der Waals surface area (Å²) in [5.41, 5.74) is 13.0. The average molecular weight is 1810 g/mol. The topological polar surface area (TPSA) is 627 Å². The van der Waals surface area contributed by atoms with E-state index in [1.807, 2.05) is 48.5 Å². The number of nitrogens with zero attached hydrogens (tertiary/aromatic N) is 5. The lowest BCUT2D eigenvalue weighted by atomic mass is 9.84. The summed E-state index contributed by atoms with van der Waals surface area (Å²) in [5.74, 6) is -10.7. The number of rotatable bonds is 46. The largest absolute Gasteiger partial charge is 0.370 e. The first-order valence-corrected chi connectivity index (χ1v) is 43.3. The van der Waals surface area contributed by atoms with Gasteiger partial charge >= 0.3 is 17.1 Å². The molecule has 1 fully saturated rings. The van der Waals surface area contributed by atoms with Gasteiger partial charge in [-0.05, 0) is 131 Å². The normalized spacial score (nSPS) is 13.7. The van der Waals surface area contributed by atoms with E-state index in [9.17, 15) is 57.5 Å². The minimum atomic E-state index is -2.22. The number of amides is 11. The van der Waals surface area contributed by atoms with Gasteiger partial charge in [0.25, 0.3) is 22.6 Å². The molecular formula is C88H109ClN24O17. The number of hydrogen-bond acceptors (Lipinski definition) is 20. The first-order valence-electron chi connectivity index (χ1n) is 42.9. The van der Waals surface area contributed by atoms with Crippen molar-refractivity contribution in [2.75, 3.05) is 32.7 Å². The quantitative estimate of drug-likeness (QED) is 0.0106. The maximum atomic E-state index is 15.7. The van der Waals surface area contributed by atoms with Gasteiger partial charge in [-0.2, -0.15) is 0 Å². The van der Waals surface area contributed by atoms with E-state index in [2.05, 4.69) is 73.4 Å². The van der Waals surface area contributed by atoms with Crippen LogP contribution in [-0.2, 0) is 74.1 Å². The zero-order chi connectivity index (χ0) is 93.7.